The van der Waals surface area contributed by atoms with Crippen LogP contribution in [0.2, 0.25) is 0 Å². The Morgan fingerprint density at radius 2 is 1.83 bits per heavy atom. The molecule has 0 N–H and O–H groups in total. The highest BCUT2D eigenvalue weighted by Gasteiger charge is 2.19. The van der Waals surface area contributed by atoms with Gasteiger partial charge < -0.3 is 9.47 Å². The molecule has 0 unspecified atom stereocenters. The summed E-state index contributed by atoms with van der Waals surface area (Å²) >= 11 is 0. The van der Waals surface area contributed by atoms with E-state index in [0.717, 1.165) is 7.11 Å². The van der Waals surface area contributed by atoms with E-state index >= 15 is 0 Å². The van der Waals surface area contributed by atoms with Crippen LogP contribution in [-0.4, -0.2) is 25.2 Å². The predicted molar refractivity (Wildman–Crippen MR) is 85.0 cm³/mol. The number of hydrogen-bond donors (Lipinski definition) is 0. The fraction of sp³-hybridized carbons (Fsp3) is 0.111. The zero-order valence-corrected chi connectivity index (χ0v) is 13.0. The first kappa shape index (κ1) is 15.9. The molecule has 1 heterocycles. The first-order valence-corrected chi connectivity index (χ1v) is 7.07. The molecular weight excluding hydrogens is 316 g/mol. The van der Waals surface area contributed by atoms with Crippen molar-refractivity contribution in [1.29, 1.82) is 0 Å². The van der Waals surface area contributed by atoms with Gasteiger partial charge in [0.25, 0.3) is 0 Å². The van der Waals surface area contributed by atoms with Crippen molar-refractivity contribution >= 4 is 16.9 Å². The van der Waals surface area contributed by atoms with Crippen LogP contribution >= 0.6 is 0 Å². The van der Waals surface area contributed by atoms with Gasteiger partial charge in [-0.25, -0.2) is 18.6 Å². The van der Waals surface area contributed by atoms with Gasteiger partial charge in [-0.2, -0.15) is 0 Å². The lowest BCUT2D eigenvalue weighted by Crippen LogP contribution is -2.06. The summed E-state index contributed by atoms with van der Waals surface area (Å²) in [5.41, 5.74) is 0.0830. The van der Waals surface area contributed by atoms with Gasteiger partial charge in [-0.05, 0) is 24.3 Å². The molecule has 24 heavy (non-hydrogen) atoms. The van der Waals surface area contributed by atoms with Gasteiger partial charge in [-0.3, -0.25) is 0 Å². The number of methoxy groups -OCH3 is 2. The molecule has 0 aliphatic heterocycles. The second-order valence-corrected chi connectivity index (χ2v) is 5.00. The quantitative estimate of drug-likeness (QED) is 0.682. The second-order valence-electron chi connectivity index (χ2n) is 5.00. The summed E-state index contributed by atoms with van der Waals surface area (Å²) in [4.78, 5) is 15.8. The van der Waals surface area contributed by atoms with Crippen molar-refractivity contribution in [3.63, 3.8) is 0 Å². The number of pyridine rings is 1. The van der Waals surface area contributed by atoms with Gasteiger partial charge >= 0.3 is 5.97 Å². The van der Waals surface area contributed by atoms with E-state index in [1.807, 2.05) is 0 Å². The molecule has 6 heteroatoms. The minimum Gasteiger partial charge on any atom is -0.496 e. The van der Waals surface area contributed by atoms with Crippen molar-refractivity contribution in [2.75, 3.05) is 14.2 Å². The number of aromatic nitrogens is 1. The average molecular weight is 329 g/mol. The maximum atomic E-state index is 14.7. The summed E-state index contributed by atoms with van der Waals surface area (Å²) < 4.78 is 38.6. The van der Waals surface area contributed by atoms with Crippen LogP contribution in [0.4, 0.5) is 8.78 Å². The summed E-state index contributed by atoms with van der Waals surface area (Å²) in [5, 5.41) is 0.378. The maximum absolute atomic E-state index is 14.7. The summed E-state index contributed by atoms with van der Waals surface area (Å²) in [6.07, 6.45) is 0. The van der Waals surface area contributed by atoms with Crippen LogP contribution in [0.3, 0.4) is 0 Å². The number of hydrogen-bond acceptors (Lipinski definition) is 4. The smallest absolute Gasteiger partial charge is 0.340 e. The highest BCUT2D eigenvalue weighted by atomic mass is 19.1. The summed E-state index contributed by atoms with van der Waals surface area (Å²) in [5.74, 6) is -1.81. The molecule has 0 aliphatic carbocycles. The van der Waals surface area contributed by atoms with Crippen molar-refractivity contribution < 1.29 is 23.0 Å². The van der Waals surface area contributed by atoms with Crippen LogP contribution in [0.1, 0.15) is 10.4 Å². The Bertz CT molecular complexity index is 941. The lowest BCUT2D eigenvalue weighted by Gasteiger charge is -2.11. The molecule has 0 atom stereocenters. The number of nitrogens with zero attached hydrogens (tertiary/aromatic N) is 1. The summed E-state index contributed by atoms with van der Waals surface area (Å²) in [7, 11) is 2.59. The van der Waals surface area contributed by atoms with Crippen molar-refractivity contribution in [3.8, 4) is 17.0 Å². The van der Waals surface area contributed by atoms with E-state index in [9.17, 15) is 13.6 Å². The van der Waals surface area contributed by atoms with E-state index in [1.165, 1.54) is 37.4 Å². The van der Waals surface area contributed by atoms with Gasteiger partial charge in [0.05, 0.1) is 25.5 Å². The van der Waals surface area contributed by atoms with Crippen LogP contribution in [0.15, 0.2) is 42.5 Å². The average Bonchev–Trinajstić information content (AvgIpc) is 2.61. The molecule has 4 nitrogen and oxygen atoms in total. The monoisotopic (exact) mass is 329 g/mol. The minimum atomic E-state index is -0.837. The molecular formula is C18H13F2NO3. The highest BCUT2D eigenvalue weighted by molar-refractivity contribution is 5.97. The highest BCUT2D eigenvalue weighted by Crippen LogP contribution is 2.33. The SMILES string of the molecule is COC(=O)c1ccc2c(OC)cc(-c3ccccc3F)nc2c1F. The van der Waals surface area contributed by atoms with Crippen LogP contribution in [0, 0.1) is 11.6 Å². The van der Waals surface area contributed by atoms with Crippen LogP contribution in [-0.2, 0) is 4.74 Å². The molecule has 0 amide bonds. The Morgan fingerprint density at radius 1 is 1.08 bits per heavy atom. The number of carbonyl (C=O) groups is 1. The Labute approximate surface area is 136 Å². The topological polar surface area (TPSA) is 48.4 Å². The first-order valence-electron chi connectivity index (χ1n) is 7.07. The molecule has 0 saturated carbocycles. The number of halogens is 2. The number of carbonyl (C=O) groups excluding carboxylic acids is 1. The van der Waals surface area contributed by atoms with Crippen molar-refractivity contribution in [2.24, 2.45) is 0 Å². The Morgan fingerprint density at radius 3 is 2.50 bits per heavy atom. The van der Waals surface area contributed by atoms with Gasteiger partial charge in [0, 0.05) is 17.0 Å². The predicted octanol–water partition coefficient (Wildman–Crippen LogP) is 3.98. The van der Waals surface area contributed by atoms with Crippen LogP contribution < -0.4 is 4.74 Å². The van der Waals surface area contributed by atoms with E-state index < -0.39 is 17.6 Å². The van der Waals surface area contributed by atoms with Crippen molar-refractivity contribution in [2.45, 2.75) is 0 Å². The first-order chi connectivity index (χ1) is 11.6. The number of fused-ring (bicyclic) bond motifs is 1. The zero-order valence-electron chi connectivity index (χ0n) is 13.0. The fourth-order valence-corrected chi connectivity index (χ4v) is 2.47. The maximum Gasteiger partial charge on any atom is 0.340 e. The Balaban J connectivity index is 2.32. The molecule has 0 spiro atoms. The van der Waals surface area contributed by atoms with E-state index in [-0.39, 0.29) is 22.3 Å². The standard InChI is InChI=1S/C18H13F2NO3/c1-23-15-9-14(10-5-3-4-6-13(10)19)21-17-11(15)7-8-12(16(17)20)18(22)24-2/h3-9H,1-2H3. The Kier molecular flexibility index (Phi) is 4.12. The number of benzene rings is 2. The summed E-state index contributed by atoms with van der Waals surface area (Å²) in [6.45, 7) is 0. The van der Waals surface area contributed by atoms with Gasteiger partial charge in [0.15, 0.2) is 5.82 Å². The molecule has 0 aliphatic rings. The largest absolute Gasteiger partial charge is 0.496 e. The molecule has 0 saturated heterocycles. The third-order valence-electron chi connectivity index (χ3n) is 3.66. The number of rotatable bonds is 3. The molecule has 0 bridgehead atoms. The third-order valence-corrected chi connectivity index (χ3v) is 3.66. The van der Waals surface area contributed by atoms with E-state index in [4.69, 9.17) is 4.74 Å². The van der Waals surface area contributed by atoms with Gasteiger partial charge in [-0.1, -0.05) is 12.1 Å². The summed E-state index contributed by atoms with van der Waals surface area (Å²) in [6, 6.07) is 10.4. The fourth-order valence-electron chi connectivity index (χ4n) is 2.47. The van der Waals surface area contributed by atoms with Crippen LogP contribution in [0.5, 0.6) is 5.75 Å². The lowest BCUT2D eigenvalue weighted by atomic mass is 10.1. The zero-order chi connectivity index (χ0) is 17.3. The lowest BCUT2D eigenvalue weighted by molar-refractivity contribution is 0.0596. The normalized spacial score (nSPS) is 10.7. The van der Waals surface area contributed by atoms with E-state index in [1.54, 1.807) is 12.1 Å². The van der Waals surface area contributed by atoms with Gasteiger partial charge in [0.2, 0.25) is 0 Å². The van der Waals surface area contributed by atoms with E-state index in [2.05, 4.69) is 9.72 Å². The van der Waals surface area contributed by atoms with Crippen LogP contribution in [0.25, 0.3) is 22.2 Å². The molecule has 3 rings (SSSR count). The minimum absolute atomic E-state index is 0.0875. The Hall–Kier alpha value is -3.02. The van der Waals surface area contributed by atoms with Crippen molar-refractivity contribution in [3.05, 3.63) is 59.7 Å². The number of ether oxygens (including phenoxy) is 2. The molecule has 0 fully saturated rings. The third kappa shape index (κ3) is 2.56. The van der Waals surface area contributed by atoms with E-state index in [0.29, 0.717) is 11.1 Å². The molecule has 3 aromatic rings. The number of esters is 1. The van der Waals surface area contributed by atoms with Crippen molar-refractivity contribution in [1.82, 2.24) is 4.98 Å². The molecule has 122 valence electrons. The molecule has 0 radical (unpaired) electrons. The molecule has 1 aromatic heterocycles. The van der Waals surface area contributed by atoms with Gasteiger partial charge in [0.1, 0.15) is 17.1 Å². The molecule has 2 aromatic carbocycles. The second kappa shape index (κ2) is 6.23. The van der Waals surface area contributed by atoms with Gasteiger partial charge in [-0.15, -0.1) is 0 Å².